The maximum absolute atomic E-state index is 13.5. The molecule has 1 aliphatic heterocycles. The molecule has 0 unspecified atom stereocenters. The van der Waals surface area contributed by atoms with E-state index < -0.39 is 5.67 Å². The molecule has 1 heterocycles. The van der Waals surface area contributed by atoms with Gasteiger partial charge in [-0.25, -0.2) is 9.18 Å². The second kappa shape index (κ2) is 6.07. The normalized spacial score (nSPS) is 19.3. The Hall–Kier alpha value is -0.840. The Kier molecular flexibility index (Phi) is 5.18. The maximum Gasteiger partial charge on any atom is 0.407 e. The van der Waals surface area contributed by atoms with Crippen molar-refractivity contribution in [1.82, 2.24) is 10.2 Å². The van der Waals surface area contributed by atoms with Crippen molar-refractivity contribution in [2.75, 3.05) is 19.6 Å². The number of alkyl halides is 1. The maximum atomic E-state index is 13.5. The van der Waals surface area contributed by atoms with Crippen LogP contribution < -0.4 is 5.32 Å². The van der Waals surface area contributed by atoms with Gasteiger partial charge in [-0.15, -0.1) is 0 Å². The van der Waals surface area contributed by atoms with Crippen LogP contribution in [0.5, 0.6) is 0 Å². The molecule has 1 rings (SSSR count). The largest absolute Gasteiger partial charge is 0.446 e. The number of carbonyl (C=O) groups is 1. The Morgan fingerprint density at radius 3 is 2.21 bits per heavy atom. The van der Waals surface area contributed by atoms with Gasteiger partial charge in [0.25, 0.3) is 0 Å². The minimum absolute atomic E-state index is 0.0543. The van der Waals surface area contributed by atoms with Crippen LogP contribution in [-0.4, -0.2) is 47.9 Å². The van der Waals surface area contributed by atoms with Gasteiger partial charge in [0.15, 0.2) is 0 Å². The first-order chi connectivity index (χ1) is 8.55. The number of nitrogens with zero attached hydrogens (tertiary/aromatic N) is 1. The van der Waals surface area contributed by atoms with Gasteiger partial charge in [0.1, 0.15) is 11.8 Å². The standard InChI is InChI=1S/C14H27FN2O2/c1-13(2,3)16-12(18)19-11-6-8-17(9-7-11)10-14(4,5)15/h11H,6-10H2,1-5H3,(H,16,18). The molecule has 4 nitrogen and oxygen atoms in total. The lowest BCUT2D eigenvalue weighted by molar-refractivity contribution is 0.0311. The SMILES string of the molecule is CC(C)(F)CN1CCC(OC(=O)NC(C)(C)C)CC1. The molecule has 1 saturated heterocycles. The Bertz CT molecular complexity index is 300. The van der Waals surface area contributed by atoms with E-state index in [1.165, 1.54) is 0 Å². The van der Waals surface area contributed by atoms with Crippen LogP contribution in [0.1, 0.15) is 47.5 Å². The molecule has 19 heavy (non-hydrogen) atoms. The molecule has 112 valence electrons. The number of nitrogens with one attached hydrogen (secondary N) is 1. The van der Waals surface area contributed by atoms with Gasteiger partial charge in [-0.05, 0) is 47.5 Å². The Balaban J connectivity index is 2.29. The van der Waals surface area contributed by atoms with E-state index in [-0.39, 0.29) is 17.7 Å². The highest BCUT2D eigenvalue weighted by Crippen LogP contribution is 2.18. The number of carbonyl (C=O) groups excluding carboxylic acids is 1. The van der Waals surface area contributed by atoms with Crippen LogP contribution in [0.3, 0.4) is 0 Å². The van der Waals surface area contributed by atoms with E-state index in [1.54, 1.807) is 13.8 Å². The quantitative estimate of drug-likeness (QED) is 0.860. The van der Waals surface area contributed by atoms with Crippen LogP contribution in [-0.2, 0) is 4.74 Å². The minimum Gasteiger partial charge on any atom is -0.446 e. The monoisotopic (exact) mass is 274 g/mol. The molecule has 0 spiro atoms. The topological polar surface area (TPSA) is 41.6 Å². The summed E-state index contributed by atoms with van der Waals surface area (Å²) in [6.07, 6.45) is 1.12. The molecule has 1 amide bonds. The van der Waals surface area contributed by atoms with E-state index in [9.17, 15) is 9.18 Å². The van der Waals surface area contributed by atoms with Crippen LogP contribution in [0.4, 0.5) is 9.18 Å². The number of hydrogen-bond donors (Lipinski definition) is 1. The summed E-state index contributed by atoms with van der Waals surface area (Å²) in [4.78, 5) is 13.7. The predicted octanol–water partition coefficient (Wildman–Crippen LogP) is 2.72. The van der Waals surface area contributed by atoms with Crippen LogP contribution in [0.25, 0.3) is 0 Å². The third-order valence-electron chi connectivity index (χ3n) is 2.88. The van der Waals surface area contributed by atoms with Gasteiger partial charge >= 0.3 is 6.09 Å². The molecule has 0 radical (unpaired) electrons. The molecular weight excluding hydrogens is 247 g/mol. The number of hydrogen-bond acceptors (Lipinski definition) is 3. The predicted molar refractivity (Wildman–Crippen MR) is 74.0 cm³/mol. The summed E-state index contributed by atoms with van der Waals surface area (Å²) in [5.41, 5.74) is -1.45. The first kappa shape index (κ1) is 16.2. The van der Waals surface area contributed by atoms with E-state index in [0.29, 0.717) is 6.54 Å². The van der Waals surface area contributed by atoms with Gasteiger partial charge in [0, 0.05) is 25.2 Å². The number of rotatable bonds is 3. The lowest BCUT2D eigenvalue weighted by atomic mass is 10.1. The summed E-state index contributed by atoms with van der Waals surface area (Å²) in [6, 6.07) is 0. The molecule has 0 saturated carbocycles. The van der Waals surface area contributed by atoms with Crippen molar-refractivity contribution in [1.29, 1.82) is 0 Å². The molecule has 1 fully saturated rings. The van der Waals surface area contributed by atoms with E-state index in [1.807, 2.05) is 20.8 Å². The van der Waals surface area contributed by atoms with E-state index >= 15 is 0 Å². The molecule has 0 atom stereocenters. The number of piperidine rings is 1. The Labute approximate surface area is 115 Å². The molecule has 1 aliphatic rings. The fourth-order valence-corrected chi connectivity index (χ4v) is 2.20. The average Bonchev–Trinajstić information content (AvgIpc) is 2.15. The highest BCUT2D eigenvalue weighted by atomic mass is 19.1. The van der Waals surface area contributed by atoms with Crippen LogP contribution in [0, 0.1) is 0 Å². The zero-order chi connectivity index (χ0) is 14.7. The van der Waals surface area contributed by atoms with Gasteiger partial charge < -0.3 is 10.1 Å². The summed E-state index contributed by atoms with van der Waals surface area (Å²) in [5, 5.41) is 2.78. The Morgan fingerprint density at radius 1 is 1.26 bits per heavy atom. The average molecular weight is 274 g/mol. The van der Waals surface area contributed by atoms with Gasteiger partial charge in [-0.2, -0.15) is 0 Å². The van der Waals surface area contributed by atoms with Gasteiger partial charge in [0.2, 0.25) is 0 Å². The molecule has 1 N–H and O–H groups in total. The number of likely N-dealkylation sites (tertiary alicyclic amines) is 1. The van der Waals surface area contributed by atoms with E-state index in [0.717, 1.165) is 25.9 Å². The minimum atomic E-state index is -1.17. The molecule has 5 heteroatoms. The third kappa shape index (κ3) is 7.35. The van der Waals surface area contributed by atoms with Crippen LogP contribution in [0.2, 0.25) is 0 Å². The number of ether oxygens (including phenoxy) is 1. The zero-order valence-corrected chi connectivity index (χ0v) is 12.8. The molecule has 0 bridgehead atoms. The second-order valence-corrected chi connectivity index (χ2v) is 6.97. The molecule has 0 aliphatic carbocycles. The number of halogens is 1. The van der Waals surface area contributed by atoms with Crippen molar-refractivity contribution in [3.05, 3.63) is 0 Å². The number of amides is 1. The highest BCUT2D eigenvalue weighted by Gasteiger charge is 2.27. The number of alkyl carbamates (subject to hydrolysis) is 1. The second-order valence-electron chi connectivity index (χ2n) is 6.97. The lowest BCUT2D eigenvalue weighted by Gasteiger charge is -2.34. The summed E-state index contributed by atoms with van der Waals surface area (Å²) >= 11 is 0. The van der Waals surface area contributed by atoms with E-state index in [2.05, 4.69) is 10.2 Å². The van der Waals surface area contributed by atoms with Gasteiger partial charge in [-0.1, -0.05) is 0 Å². The summed E-state index contributed by atoms with van der Waals surface area (Å²) in [6.45, 7) is 10.9. The highest BCUT2D eigenvalue weighted by molar-refractivity contribution is 5.68. The third-order valence-corrected chi connectivity index (χ3v) is 2.88. The van der Waals surface area contributed by atoms with Crippen molar-refractivity contribution in [2.45, 2.75) is 64.8 Å². The fourth-order valence-electron chi connectivity index (χ4n) is 2.20. The first-order valence-corrected chi connectivity index (χ1v) is 6.95. The van der Waals surface area contributed by atoms with Crippen LogP contribution >= 0.6 is 0 Å². The fraction of sp³-hybridized carbons (Fsp3) is 0.929. The molecule has 0 aromatic rings. The molecule has 0 aromatic carbocycles. The Morgan fingerprint density at radius 2 is 1.79 bits per heavy atom. The van der Waals surface area contributed by atoms with Crippen molar-refractivity contribution >= 4 is 6.09 Å². The lowest BCUT2D eigenvalue weighted by Crippen LogP contribution is -2.46. The summed E-state index contributed by atoms with van der Waals surface area (Å²) < 4.78 is 18.9. The van der Waals surface area contributed by atoms with Gasteiger partial charge in [-0.3, -0.25) is 4.90 Å². The smallest absolute Gasteiger partial charge is 0.407 e. The van der Waals surface area contributed by atoms with E-state index in [4.69, 9.17) is 4.74 Å². The molecule has 0 aromatic heterocycles. The van der Waals surface area contributed by atoms with Crippen LogP contribution in [0.15, 0.2) is 0 Å². The van der Waals surface area contributed by atoms with Crippen molar-refractivity contribution < 1.29 is 13.9 Å². The van der Waals surface area contributed by atoms with Crippen molar-refractivity contribution in [2.24, 2.45) is 0 Å². The first-order valence-electron chi connectivity index (χ1n) is 6.95. The summed E-state index contributed by atoms with van der Waals surface area (Å²) in [5.74, 6) is 0. The summed E-state index contributed by atoms with van der Waals surface area (Å²) in [7, 11) is 0. The molecular formula is C14H27FN2O2. The van der Waals surface area contributed by atoms with Crippen molar-refractivity contribution in [3.8, 4) is 0 Å². The zero-order valence-electron chi connectivity index (χ0n) is 12.8. The van der Waals surface area contributed by atoms with Gasteiger partial charge in [0.05, 0.1) is 0 Å². The van der Waals surface area contributed by atoms with Crippen molar-refractivity contribution in [3.63, 3.8) is 0 Å².